The molecule has 2 rings (SSSR count). The Morgan fingerprint density at radius 2 is 1.67 bits per heavy atom. The van der Waals surface area contributed by atoms with Gasteiger partial charge in [-0.15, -0.1) is 0 Å². The van der Waals surface area contributed by atoms with Crippen molar-refractivity contribution in [1.82, 2.24) is 0 Å². The van der Waals surface area contributed by atoms with Gasteiger partial charge >= 0.3 is 0 Å². The topological polar surface area (TPSA) is 37.4 Å². The molecule has 2 amide bonds. The molecule has 0 saturated carbocycles. The number of alkyl halides is 1. The number of nitrogens with zero attached hydrogens (tertiary/aromatic N) is 1. The average Bonchev–Trinajstić information content (AvgIpc) is 2.59. The molecule has 0 unspecified atom stereocenters. The fourth-order valence-corrected chi connectivity index (χ4v) is 1.48. The summed E-state index contributed by atoms with van der Waals surface area (Å²) in [7, 11) is 0. The Morgan fingerprint density at radius 1 is 1.07 bits per heavy atom. The summed E-state index contributed by atoms with van der Waals surface area (Å²) in [6.07, 6.45) is 2.36. The zero-order chi connectivity index (χ0) is 10.8. The van der Waals surface area contributed by atoms with Crippen LogP contribution in [-0.4, -0.2) is 11.8 Å². The number of benzene rings is 1. The summed E-state index contributed by atoms with van der Waals surface area (Å²) in [5.74, 6) is -0.859. The lowest BCUT2D eigenvalue weighted by atomic mass is 10.2. The minimum Gasteiger partial charge on any atom is -0.269 e. The van der Waals surface area contributed by atoms with Gasteiger partial charge in [0.05, 0.1) is 5.69 Å². The maximum Gasteiger partial charge on any atom is 0.258 e. The molecule has 76 valence electrons. The van der Waals surface area contributed by atoms with Gasteiger partial charge in [0.25, 0.3) is 11.8 Å². The van der Waals surface area contributed by atoms with E-state index < -0.39 is 18.5 Å². The van der Waals surface area contributed by atoms with Crippen molar-refractivity contribution in [3.8, 4) is 0 Å². The smallest absolute Gasteiger partial charge is 0.258 e. The van der Waals surface area contributed by atoms with Crippen LogP contribution in [0.25, 0.3) is 0 Å². The molecule has 1 aliphatic rings. The van der Waals surface area contributed by atoms with Crippen molar-refractivity contribution < 1.29 is 14.0 Å². The number of para-hydroxylation sites is 1. The number of halogens is 1. The van der Waals surface area contributed by atoms with Gasteiger partial charge in [0.2, 0.25) is 0 Å². The highest BCUT2D eigenvalue weighted by atomic mass is 19.1. The van der Waals surface area contributed by atoms with E-state index in [0.717, 1.165) is 4.90 Å². The fourth-order valence-electron chi connectivity index (χ4n) is 1.48. The number of amides is 2. The molecule has 15 heavy (non-hydrogen) atoms. The molecule has 0 atom stereocenters. The Labute approximate surface area is 85.8 Å². The predicted octanol–water partition coefficient (Wildman–Crippen LogP) is 1.59. The number of anilines is 1. The zero-order valence-electron chi connectivity index (χ0n) is 7.81. The first kappa shape index (κ1) is 9.58. The lowest BCUT2D eigenvalue weighted by Crippen LogP contribution is -2.30. The normalized spacial score (nSPS) is 15.1. The van der Waals surface area contributed by atoms with Crippen LogP contribution in [0.1, 0.15) is 5.56 Å². The molecule has 0 spiro atoms. The molecule has 1 aliphatic heterocycles. The predicted molar refractivity (Wildman–Crippen MR) is 52.9 cm³/mol. The summed E-state index contributed by atoms with van der Waals surface area (Å²) in [6, 6.07) is 6.43. The molecule has 1 heterocycles. The van der Waals surface area contributed by atoms with Gasteiger partial charge in [-0.05, 0) is 6.07 Å². The summed E-state index contributed by atoms with van der Waals surface area (Å²) in [5, 5.41) is 0. The van der Waals surface area contributed by atoms with Crippen LogP contribution in [0.4, 0.5) is 10.1 Å². The van der Waals surface area contributed by atoms with Crippen molar-refractivity contribution in [1.29, 1.82) is 0 Å². The molecule has 0 saturated heterocycles. The molecule has 3 nitrogen and oxygen atoms in total. The first-order chi connectivity index (χ1) is 7.24. The number of hydrogen-bond acceptors (Lipinski definition) is 2. The Balaban J connectivity index is 2.45. The van der Waals surface area contributed by atoms with Crippen LogP contribution in [0.15, 0.2) is 36.4 Å². The molecule has 0 bridgehead atoms. The first-order valence-electron chi connectivity index (χ1n) is 4.44. The van der Waals surface area contributed by atoms with Crippen LogP contribution in [-0.2, 0) is 16.3 Å². The Kier molecular flexibility index (Phi) is 2.33. The van der Waals surface area contributed by atoms with E-state index in [2.05, 4.69) is 0 Å². The summed E-state index contributed by atoms with van der Waals surface area (Å²) >= 11 is 0. The molecular formula is C11H8FNO2. The van der Waals surface area contributed by atoms with Gasteiger partial charge in [-0.1, -0.05) is 18.2 Å². The highest BCUT2D eigenvalue weighted by molar-refractivity contribution is 6.28. The minimum atomic E-state index is -0.701. The van der Waals surface area contributed by atoms with Crippen LogP contribution in [0.3, 0.4) is 0 Å². The van der Waals surface area contributed by atoms with Crippen molar-refractivity contribution in [2.24, 2.45) is 0 Å². The molecule has 1 aromatic carbocycles. The monoisotopic (exact) mass is 205 g/mol. The van der Waals surface area contributed by atoms with Crippen molar-refractivity contribution >= 4 is 17.5 Å². The zero-order valence-corrected chi connectivity index (χ0v) is 7.81. The SMILES string of the molecule is O=C1C=CC(=O)N1c1ccccc1CF. The van der Waals surface area contributed by atoms with Gasteiger partial charge in [-0.25, -0.2) is 9.29 Å². The van der Waals surface area contributed by atoms with E-state index in [4.69, 9.17) is 0 Å². The summed E-state index contributed by atoms with van der Waals surface area (Å²) in [5.41, 5.74) is 0.655. The second kappa shape index (κ2) is 3.65. The molecular weight excluding hydrogens is 197 g/mol. The van der Waals surface area contributed by atoms with Crippen LogP contribution >= 0.6 is 0 Å². The number of hydrogen-bond donors (Lipinski definition) is 0. The molecule has 0 N–H and O–H groups in total. The van der Waals surface area contributed by atoms with Crippen molar-refractivity contribution in [3.63, 3.8) is 0 Å². The first-order valence-corrected chi connectivity index (χ1v) is 4.44. The molecule has 1 aromatic rings. The number of carbonyl (C=O) groups is 2. The quantitative estimate of drug-likeness (QED) is 0.687. The lowest BCUT2D eigenvalue weighted by molar-refractivity contribution is -0.119. The van der Waals surface area contributed by atoms with Gasteiger partial charge < -0.3 is 0 Å². The van der Waals surface area contributed by atoms with Gasteiger partial charge in [-0.3, -0.25) is 9.59 Å². The highest BCUT2D eigenvalue weighted by Gasteiger charge is 2.26. The summed E-state index contributed by atoms with van der Waals surface area (Å²) in [6.45, 7) is -0.701. The molecule has 0 aliphatic carbocycles. The average molecular weight is 205 g/mol. The van der Waals surface area contributed by atoms with Crippen LogP contribution in [0.5, 0.6) is 0 Å². The third kappa shape index (κ3) is 1.54. The van der Waals surface area contributed by atoms with E-state index in [1.807, 2.05) is 0 Å². The molecule has 0 fully saturated rings. The van der Waals surface area contributed by atoms with Gasteiger partial charge in [0.1, 0.15) is 6.67 Å². The van der Waals surface area contributed by atoms with E-state index in [1.54, 1.807) is 24.3 Å². The highest BCUT2D eigenvalue weighted by Crippen LogP contribution is 2.24. The van der Waals surface area contributed by atoms with Gasteiger partial charge in [0, 0.05) is 17.7 Å². The standard InChI is InChI=1S/C11H8FNO2/c12-7-8-3-1-2-4-9(8)13-10(14)5-6-11(13)15/h1-6H,7H2. The Bertz CT molecular complexity index is 436. The molecule has 0 radical (unpaired) electrons. The number of imide groups is 1. The number of carbonyl (C=O) groups excluding carboxylic acids is 2. The maximum absolute atomic E-state index is 12.6. The van der Waals surface area contributed by atoms with E-state index in [-0.39, 0.29) is 0 Å². The van der Waals surface area contributed by atoms with Crippen molar-refractivity contribution in [2.75, 3.05) is 4.90 Å². The van der Waals surface area contributed by atoms with Gasteiger partial charge in [-0.2, -0.15) is 0 Å². The van der Waals surface area contributed by atoms with Gasteiger partial charge in [0.15, 0.2) is 0 Å². The van der Waals surface area contributed by atoms with E-state index in [1.165, 1.54) is 12.2 Å². The number of rotatable bonds is 2. The summed E-state index contributed by atoms with van der Waals surface area (Å²) < 4.78 is 12.6. The Morgan fingerprint density at radius 3 is 2.27 bits per heavy atom. The van der Waals surface area contributed by atoms with Crippen molar-refractivity contribution in [3.05, 3.63) is 42.0 Å². The second-order valence-corrected chi connectivity index (χ2v) is 3.11. The minimum absolute atomic E-state index is 0.319. The van der Waals surface area contributed by atoms with E-state index in [0.29, 0.717) is 11.3 Å². The molecule has 4 heteroatoms. The lowest BCUT2D eigenvalue weighted by Gasteiger charge is -2.16. The largest absolute Gasteiger partial charge is 0.269 e. The van der Waals surface area contributed by atoms with Crippen LogP contribution in [0.2, 0.25) is 0 Å². The van der Waals surface area contributed by atoms with Crippen LogP contribution < -0.4 is 4.90 Å². The van der Waals surface area contributed by atoms with Crippen molar-refractivity contribution in [2.45, 2.75) is 6.67 Å². The maximum atomic E-state index is 12.6. The Hall–Kier alpha value is -1.97. The fraction of sp³-hybridized carbons (Fsp3) is 0.0909. The molecule has 0 aromatic heterocycles. The van der Waals surface area contributed by atoms with Crippen LogP contribution in [0, 0.1) is 0 Å². The summed E-state index contributed by atoms with van der Waals surface area (Å²) in [4.78, 5) is 23.7. The second-order valence-electron chi connectivity index (χ2n) is 3.11. The van der Waals surface area contributed by atoms with E-state index in [9.17, 15) is 14.0 Å². The third-order valence-corrected chi connectivity index (χ3v) is 2.19. The van der Waals surface area contributed by atoms with E-state index >= 15 is 0 Å². The third-order valence-electron chi connectivity index (χ3n) is 2.19.